The average Bonchev–Trinajstić information content (AvgIpc) is 2.52. The molecule has 1 N–H and O–H groups in total. The van der Waals surface area contributed by atoms with E-state index < -0.39 is 0 Å². The number of nitrogens with one attached hydrogen (secondary N) is 1. The number of ether oxygens (including phenoxy) is 1. The van der Waals surface area contributed by atoms with Crippen molar-refractivity contribution in [1.29, 1.82) is 0 Å². The summed E-state index contributed by atoms with van der Waals surface area (Å²) in [4.78, 5) is 0. The highest BCUT2D eigenvalue weighted by Crippen LogP contribution is 2.30. The molecule has 118 valence electrons. The molecule has 1 saturated carbocycles. The van der Waals surface area contributed by atoms with E-state index in [0.29, 0.717) is 6.04 Å². The van der Waals surface area contributed by atoms with Crippen LogP contribution in [0.3, 0.4) is 0 Å². The van der Waals surface area contributed by atoms with E-state index in [9.17, 15) is 0 Å². The van der Waals surface area contributed by atoms with Crippen LogP contribution in [0.25, 0.3) is 0 Å². The molecular formula is C19H31NO. The zero-order valence-electron chi connectivity index (χ0n) is 13.9. The van der Waals surface area contributed by atoms with Crippen LogP contribution < -0.4 is 10.1 Å². The molecule has 3 unspecified atom stereocenters. The van der Waals surface area contributed by atoms with E-state index in [-0.39, 0.29) is 0 Å². The molecule has 2 rings (SSSR count). The lowest BCUT2D eigenvalue weighted by Crippen LogP contribution is -2.23. The van der Waals surface area contributed by atoms with Crippen LogP contribution >= 0.6 is 0 Å². The number of rotatable bonds is 7. The summed E-state index contributed by atoms with van der Waals surface area (Å²) in [6, 6.07) is 8.97. The summed E-state index contributed by atoms with van der Waals surface area (Å²) in [5, 5.41) is 3.53. The molecule has 0 spiro atoms. The standard InChI is InChI=1S/C19H31NO/c1-4-12-20-16(3)17-10-7-11-19(13-17)21-14-18-9-6-5-8-15(18)2/h7,10-11,13,15-16,18,20H,4-6,8-9,12,14H2,1-3H3. The van der Waals surface area contributed by atoms with Crippen LogP contribution in [0.2, 0.25) is 0 Å². The van der Waals surface area contributed by atoms with Gasteiger partial charge in [0.15, 0.2) is 0 Å². The van der Waals surface area contributed by atoms with Crippen molar-refractivity contribution in [3.05, 3.63) is 29.8 Å². The van der Waals surface area contributed by atoms with Crippen LogP contribution in [0.4, 0.5) is 0 Å². The quantitative estimate of drug-likeness (QED) is 0.766. The molecule has 1 fully saturated rings. The monoisotopic (exact) mass is 289 g/mol. The summed E-state index contributed by atoms with van der Waals surface area (Å²) in [7, 11) is 0. The zero-order chi connectivity index (χ0) is 15.1. The Bertz CT molecular complexity index is 418. The maximum atomic E-state index is 6.08. The number of hydrogen-bond donors (Lipinski definition) is 1. The Hall–Kier alpha value is -1.02. The molecule has 21 heavy (non-hydrogen) atoms. The van der Waals surface area contributed by atoms with Crippen molar-refractivity contribution in [2.24, 2.45) is 11.8 Å². The Morgan fingerprint density at radius 2 is 2.10 bits per heavy atom. The Kier molecular flexibility index (Phi) is 6.56. The normalized spacial score (nSPS) is 23.8. The average molecular weight is 289 g/mol. The van der Waals surface area contributed by atoms with Gasteiger partial charge in [0.2, 0.25) is 0 Å². The van der Waals surface area contributed by atoms with Gasteiger partial charge in [-0.05, 0) is 55.8 Å². The van der Waals surface area contributed by atoms with Crippen molar-refractivity contribution in [2.45, 2.75) is 58.9 Å². The predicted molar refractivity (Wildman–Crippen MR) is 89.8 cm³/mol. The maximum absolute atomic E-state index is 6.08. The molecule has 2 nitrogen and oxygen atoms in total. The fourth-order valence-electron chi connectivity index (χ4n) is 3.20. The number of benzene rings is 1. The van der Waals surface area contributed by atoms with Gasteiger partial charge in [0, 0.05) is 6.04 Å². The summed E-state index contributed by atoms with van der Waals surface area (Å²) in [6.45, 7) is 8.73. The summed E-state index contributed by atoms with van der Waals surface area (Å²) in [5.41, 5.74) is 1.32. The van der Waals surface area contributed by atoms with Gasteiger partial charge < -0.3 is 10.1 Å². The topological polar surface area (TPSA) is 21.3 Å². The fourth-order valence-corrected chi connectivity index (χ4v) is 3.20. The molecule has 1 aliphatic carbocycles. The first kappa shape index (κ1) is 16.4. The van der Waals surface area contributed by atoms with Crippen LogP contribution in [0.5, 0.6) is 5.75 Å². The van der Waals surface area contributed by atoms with Crippen LogP contribution in [-0.2, 0) is 0 Å². The van der Waals surface area contributed by atoms with E-state index in [4.69, 9.17) is 4.74 Å². The fraction of sp³-hybridized carbons (Fsp3) is 0.684. The minimum absolute atomic E-state index is 0.391. The minimum Gasteiger partial charge on any atom is -0.493 e. The Labute approximate surface area is 130 Å². The highest BCUT2D eigenvalue weighted by atomic mass is 16.5. The molecule has 0 aromatic heterocycles. The van der Waals surface area contributed by atoms with E-state index in [1.807, 2.05) is 0 Å². The lowest BCUT2D eigenvalue weighted by atomic mass is 9.81. The molecule has 2 heteroatoms. The van der Waals surface area contributed by atoms with Crippen LogP contribution in [0, 0.1) is 11.8 Å². The van der Waals surface area contributed by atoms with Gasteiger partial charge in [0.1, 0.15) is 5.75 Å². The summed E-state index contributed by atoms with van der Waals surface area (Å²) in [5.74, 6) is 2.57. The molecular weight excluding hydrogens is 258 g/mol. The van der Waals surface area contributed by atoms with E-state index >= 15 is 0 Å². The first-order valence-electron chi connectivity index (χ1n) is 8.66. The third kappa shape index (κ3) is 5.03. The molecule has 1 aromatic carbocycles. The molecule has 0 heterocycles. The van der Waals surface area contributed by atoms with Gasteiger partial charge in [-0.15, -0.1) is 0 Å². The molecule has 1 aliphatic rings. The molecule has 0 bridgehead atoms. The summed E-state index contributed by atoms with van der Waals surface area (Å²) in [6.07, 6.45) is 6.63. The van der Waals surface area contributed by atoms with Gasteiger partial charge in [0.25, 0.3) is 0 Å². The third-order valence-electron chi connectivity index (χ3n) is 4.81. The van der Waals surface area contributed by atoms with Gasteiger partial charge in [-0.25, -0.2) is 0 Å². The first-order chi connectivity index (χ1) is 10.2. The SMILES string of the molecule is CCCNC(C)c1cccc(OCC2CCCCC2C)c1. The van der Waals surface area contributed by atoms with Gasteiger partial charge >= 0.3 is 0 Å². The summed E-state index contributed by atoms with van der Waals surface area (Å²) >= 11 is 0. The Morgan fingerprint density at radius 3 is 2.86 bits per heavy atom. The van der Waals surface area contributed by atoms with Crippen LogP contribution in [0.15, 0.2) is 24.3 Å². The molecule has 0 amide bonds. The van der Waals surface area contributed by atoms with E-state index in [1.54, 1.807) is 0 Å². The van der Waals surface area contributed by atoms with Crippen molar-refractivity contribution >= 4 is 0 Å². The lowest BCUT2D eigenvalue weighted by molar-refractivity contribution is 0.159. The van der Waals surface area contributed by atoms with Crippen molar-refractivity contribution in [3.63, 3.8) is 0 Å². The highest BCUT2D eigenvalue weighted by Gasteiger charge is 2.21. The van der Waals surface area contributed by atoms with Crippen molar-refractivity contribution in [3.8, 4) is 5.75 Å². The first-order valence-corrected chi connectivity index (χ1v) is 8.66. The van der Waals surface area contributed by atoms with E-state index in [2.05, 4.69) is 50.4 Å². The van der Waals surface area contributed by atoms with Crippen LogP contribution in [-0.4, -0.2) is 13.2 Å². The van der Waals surface area contributed by atoms with Gasteiger partial charge in [-0.2, -0.15) is 0 Å². The molecule has 1 aromatic rings. The van der Waals surface area contributed by atoms with E-state index in [0.717, 1.165) is 30.7 Å². The second-order valence-electron chi connectivity index (χ2n) is 6.58. The molecule has 3 atom stereocenters. The second kappa shape index (κ2) is 8.43. The Morgan fingerprint density at radius 1 is 1.29 bits per heavy atom. The maximum Gasteiger partial charge on any atom is 0.119 e. The lowest BCUT2D eigenvalue weighted by Gasteiger charge is -2.28. The molecule has 0 radical (unpaired) electrons. The van der Waals surface area contributed by atoms with Crippen molar-refractivity contribution < 1.29 is 4.74 Å². The molecule has 0 saturated heterocycles. The largest absolute Gasteiger partial charge is 0.493 e. The zero-order valence-corrected chi connectivity index (χ0v) is 13.9. The van der Waals surface area contributed by atoms with Crippen molar-refractivity contribution in [1.82, 2.24) is 5.32 Å². The minimum atomic E-state index is 0.391. The molecule has 0 aliphatic heterocycles. The third-order valence-corrected chi connectivity index (χ3v) is 4.81. The smallest absolute Gasteiger partial charge is 0.119 e. The van der Waals surface area contributed by atoms with Gasteiger partial charge in [0.05, 0.1) is 6.61 Å². The van der Waals surface area contributed by atoms with Gasteiger partial charge in [-0.1, -0.05) is 45.2 Å². The summed E-state index contributed by atoms with van der Waals surface area (Å²) < 4.78 is 6.08. The Balaban J connectivity index is 1.88. The second-order valence-corrected chi connectivity index (χ2v) is 6.58. The highest BCUT2D eigenvalue weighted by molar-refractivity contribution is 5.30. The van der Waals surface area contributed by atoms with Gasteiger partial charge in [-0.3, -0.25) is 0 Å². The number of hydrogen-bond acceptors (Lipinski definition) is 2. The van der Waals surface area contributed by atoms with E-state index in [1.165, 1.54) is 37.7 Å². The van der Waals surface area contributed by atoms with Crippen molar-refractivity contribution in [2.75, 3.05) is 13.2 Å². The predicted octanol–water partition coefficient (Wildman–Crippen LogP) is 4.95. The van der Waals surface area contributed by atoms with Crippen LogP contribution in [0.1, 0.15) is 64.5 Å².